The van der Waals surface area contributed by atoms with Crippen molar-refractivity contribution in [1.82, 2.24) is 0 Å². The average molecular weight is 232 g/mol. The number of carboxylic acids is 1. The van der Waals surface area contributed by atoms with E-state index in [2.05, 4.69) is 11.6 Å². The van der Waals surface area contributed by atoms with E-state index >= 15 is 0 Å². The maximum Gasteiger partial charge on any atom is 0.320 e. The molecule has 1 atom stereocenters. The number of aliphatic carboxylic acids is 1. The van der Waals surface area contributed by atoms with Crippen molar-refractivity contribution in [3.63, 3.8) is 0 Å². The Morgan fingerprint density at radius 2 is 1.87 bits per heavy atom. The molecule has 1 aromatic carbocycles. The fourth-order valence-corrected chi connectivity index (χ4v) is 0.973. The summed E-state index contributed by atoms with van der Waals surface area (Å²) in [7, 11) is 0. The Bertz CT molecular complexity index is 300. The van der Waals surface area contributed by atoms with Crippen LogP contribution in [0.4, 0.5) is 0 Å². The van der Waals surface area contributed by atoms with Crippen LogP contribution in [0.2, 0.25) is 0 Å². The molecule has 5 heteroatoms. The topological polar surface area (TPSA) is 83.5 Å². The molecule has 0 amide bonds. The van der Waals surface area contributed by atoms with Gasteiger partial charge in [-0.2, -0.15) is 0 Å². The van der Waals surface area contributed by atoms with E-state index in [0.717, 1.165) is 5.56 Å². The van der Waals surface area contributed by atoms with Crippen molar-refractivity contribution in [2.24, 2.45) is 5.73 Å². The van der Waals surface area contributed by atoms with Crippen LogP contribution in [0, 0.1) is 0 Å². The Labute approximate surface area is 93.3 Å². The van der Waals surface area contributed by atoms with Gasteiger partial charge in [-0.15, -0.1) is 11.6 Å². The zero-order chi connectivity index (χ0) is 11.8. The zero-order valence-corrected chi connectivity index (χ0v) is 9.11. The highest BCUT2D eigenvalue weighted by molar-refractivity contribution is 6.15. The van der Waals surface area contributed by atoms with Gasteiger partial charge < -0.3 is 15.9 Å². The van der Waals surface area contributed by atoms with Gasteiger partial charge in [0.25, 0.3) is 0 Å². The van der Waals surface area contributed by atoms with Crippen LogP contribution in [0.5, 0.6) is 5.75 Å². The molecule has 1 rings (SSSR count). The summed E-state index contributed by atoms with van der Waals surface area (Å²) in [4.78, 5) is 10.4. The van der Waals surface area contributed by atoms with Gasteiger partial charge in [-0.1, -0.05) is 12.1 Å². The quantitative estimate of drug-likeness (QED) is 0.683. The van der Waals surface area contributed by atoms with E-state index in [1.807, 2.05) is 0 Å². The highest BCUT2D eigenvalue weighted by atomic mass is 35.5. The van der Waals surface area contributed by atoms with E-state index in [1.54, 1.807) is 12.1 Å². The fourth-order valence-electron chi connectivity index (χ4n) is 0.973. The normalized spacial score (nSPS) is 11.1. The molecule has 4 N–H and O–H groups in total. The lowest BCUT2D eigenvalue weighted by Gasteiger charge is -2.05. The van der Waals surface area contributed by atoms with Crippen molar-refractivity contribution in [3.05, 3.63) is 29.8 Å². The number of carboxylic acid groups (broad SMARTS) is 1. The van der Waals surface area contributed by atoms with E-state index in [9.17, 15) is 4.79 Å². The van der Waals surface area contributed by atoms with Crippen LogP contribution in [0.15, 0.2) is 24.3 Å². The third-order valence-electron chi connectivity index (χ3n) is 1.71. The molecule has 0 aliphatic carbocycles. The lowest BCUT2D eigenvalue weighted by molar-refractivity contribution is -0.138. The van der Waals surface area contributed by atoms with Crippen molar-refractivity contribution in [3.8, 4) is 5.75 Å². The Balaban J connectivity index is 0.000000921. The van der Waals surface area contributed by atoms with Crippen LogP contribution < -0.4 is 5.73 Å². The van der Waals surface area contributed by atoms with E-state index < -0.39 is 12.0 Å². The Hall–Kier alpha value is -1.26. The summed E-state index contributed by atoms with van der Waals surface area (Å²) in [6, 6.07) is 5.42. The second-order valence-electron chi connectivity index (χ2n) is 2.82. The molecule has 0 unspecified atom stereocenters. The molecule has 1 aromatic rings. The molecular weight excluding hydrogens is 218 g/mol. The number of halogens is 1. The highest BCUT2D eigenvalue weighted by Crippen LogP contribution is 2.10. The Morgan fingerprint density at radius 1 is 1.40 bits per heavy atom. The molecule has 0 saturated heterocycles. The third-order valence-corrected chi connectivity index (χ3v) is 1.71. The standard InChI is InChI=1S/C9H11NO3.CH3Cl/c10-8(9(12)13)5-6-1-3-7(11)4-2-6;1-2/h1-4,8,11H,5,10H2,(H,12,13);1H3/t8-;/m0./s1. The predicted octanol–water partition coefficient (Wildman–Crippen LogP) is 1.20. The first kappa shape index (κ1) is 13.7. The highest BCUT2D eigenvalue weighted by Gasteiger charge is 2.11. The largest absolute Gasteiger partial charge is 0.508 e. The minimum absolute atomic E-state index is 0.160. The number of carbonyl (C=O) groups is 1. The van der Waals surface area contributed by atoms with Crippen LogP contribution in [0.3, 0.4) is 0 Å². The first-order valence-electron chi connectivity index (χ1n) is 4.23. The van der Waals surface area contributed by atoms with Crippen LogP contribution >= 0.6 is 11.6 Å². The zero-order valence-electron chi connectivity index (χ0n) is 8.35. The number of phenolic OH excluding ortho intramolecular Hbond substituents is 1. The number of benzene rings is 1. The summed E-state index contributed by atoms with van der Waals surface area (Å²) in [5.74, 6) is -0.860. The number of rotatable bonds is 3. The van der Waals surface area contributed by atoms with Gasteiger partial charge in [-0.05, 0) is 24.1 Å². The van der Waals surface area contributed by atoms with Crippen LogP contribution in [0.25, 0.3) is 0 Å². The van der Waals surface area contributed by atoms with Gasteiger partial charge in [0.2, 0.25) is 0 Å². The fraction of sp³-hybridized carbons (Fsp3) is 0.300. The maximum atomic E-state index is 10.4. The SMILES string of the molecule is CCl.N[C@@H](Cc1ccc(O)cc1)C(=O)O. The predicted molar refractivity (Wildman–Crippen MR) is 59.2 cm³/mol. The number of aromatic hydroxyl groups is 1. The van der Waals surface area contributed by atoms with Gasteiger partial charge in [-0.25, -0.2) is 0 Å². The molecule has 15 heavy (non-hydrogen) atoms. The van der Waals surface area contributed by atoms with Crippen molar-refractivity contribution < 1.29 is 15.0 Å². The molecule has 84 valence electrons. The van der Waals surface area contributed by atoms with E-state index in [4.69, 9.17) is 15.9 Å². The molecule has 0 bridgehead atoms. The summed E-state index contributed by atoms with van der Waals surface area (Å²) >= 11 is 4.64. The lowest BCUT2D eigenvalue weighted by atomic mass is 10.1. The van der Waals surface area contributed by atoms with Crippen LogP contribution in [-0.4, -0.2) is 28.6 Å². The molecule has 4 nitrogen and oxygen atoms in total. The number of hydrogen-bond acceptors (Lipinski definition) is 3. The van der Waals surface area contributed by atoms with Crippen molar-refractivity contribution in [1.29, 1.82) is 0 Å². The smallest absolute Gasteiger partial charge is 0.320 e. The summed E-state index contributed by atoms with van der Waals surface area (Å²) in [5, 5.41) is 17.5. The van der Waals surface area contributed by atoms with Gasteiger partial charge in [0.05, 0.1) is 0 Å². The number of nitrogens with two attached hydrogens (primary N) is 1. The molecule has 0 radical (unpaired) electrons. The van der Waals surface area contributed by atoms with Gasteiger partial charge in [0.1, 0.15) is 11.8 Å². The lowest BCUT2D eigenvalue weighted by Crippen LogP contribution is -2.32. The molecule has 0 aliphatic rings. The van der Waals surface area contributed by atoms with Crippen molar-refractivity contribution in [2.75, 3.05) is 6.38 Å². The number of phenols is 1. The first-order valence-corrected chi connectivity index (χ1v) is 4.99. The maximum absolute atomic E-state index is 10.4. The average Bonchev–Trinajstić information content (AvgIpc) is 2.24. The summed E-state index contributed by atoms with van der Waals surface area (Å²) < 4.78 is 0. The third kappa shape index (κ3) is 5.24. The molecule has 0 aromatic heterocycles. The van der Waals surface area contributed by atoms with Crippen LogP contribution in [-0.2, 0) is 11.2 Å². The molecule has 0 heterocycles. The van der Waals surface area contributed by atoms with Gasteiger partial charge in [-0.3, -0.25) is 4.79 Å². The summed E-state index contributed by atoms with van der Waals surface area (Å²) in [5.41, 5.74) is 6.12. The number of hydrogen-bond donors (Lipinski definition) is 3. The Morgan fingerprint density at radius 3 is 2.27 bits per heavy atom. The molecule has 0 aliphatic heterocycles. The number of alkyl halides is 1. The minimum Gasteiger partial charge on any atom is -0.508 e. The molecule has 0 spiro atoms. The summed E-state index contributed by atoms with van der Waals surface area (Å²) in [6.07, 6.45) is 1.75. The monoisotopic (exact) mass is 231 g/mol. The van der Waals surface area contributed by atoms with Crippen molar-refractivity contribution >= 4 is 17.6 Å². The second kappa shape index (κ2) is 7.09. The minimum atomic E-state index is -1.02. The van der Waals surface area contributed by atoms with Gasteiger partial charge >= 0.3 is 5.97 Å². The van der Waals surface area contributed by atoms with E-state index in [0.29, 0.717) is 0 Å². The van der Waals surface area contributed by atoms with Gasteiger partial charge in [0, 0.05) is 6.38 Å². The van der Waals surface area contributed by atoms with Gasteiger partial charge in [0.15, 0.2) is 0 Å². The summed E-state index contributed by atoms with van der Waals surface area (Å²) in [6.45, 7) is 0. The first-order chi connectivity index (χ1) is 7.09. The molecular formula is C10H14ClNO3. The second-order valence-corrected chi connectivity index (χ2v) is 2.82. The molecule has 0 fully saturated rings. The van der Waals surface area contributed by atoms with E-state index in [1.165, 1.54) is 18.5 Å². The molecule has 0 saturated carbocycles. The Kier molecular flexibility index (Phi) is 6.49. The van der Waals surface area contributed by atoms with Crippen LogP contribution in [0.1, 0.15) is 5.56 Å². The van der Waals surface area contributed by atoms with E-state index in [-0.39, 0.29) is 12.2 Å². The van der Waals surface area contributed by atoms with Crippen molar-refractivity contribution in [2.45, 2.75) is 12.5 Å².